The van der Waals surface area contributed by atoms with Crippen molar-refractivity contribution in [1.29, 1.82) is 0 Å². The predicted molar refractivity (Wildman–Crippen MR) is 154 cm³/mol. The highest BCUT2D eigenvalue weighted by Crippen LogP contribution is 2.27. The van der Waals surface area contributed by atoms with Crippen LogP contribution in [0.15, 0.2) is 46.4 Å². The Morgan fingerprint density at radius 3 is 2.67 bits per heavy atom. The summed E-state index contributed by atoms with van der Waals surface area (Å²) in [4.78, 5) is 45.0. The van der Waals surface area contributed by atoms with Crippen molar-refractivity contribution in [2.75, 3.05) is 31.1 Å². The zero-order valence-electron chi connectivity index (χ0n) is 22.9. The molecule has 1 aliphatic heterocycles. The minimum atomic E-state index is -0.459. The Morgan fingerprint density at radius 1 is 1.18 bits per heavy atom. The zero-order chi connectivity index (χ0) is 27.5. The normalized spacial score (nSPS) is 14.1. The Kier molecular flexibility index (Phi) is 7.65. The van der Waals surface area contributed by atoms with Crippen molar-refractivity contribution < 1.29 is 4.79 Å². The number of carbonyl (C=O) groups excluding carboxylic acids is 1. The molecule has 4 aromatic rings. The number of rotatable bonds is 7. The molecule has 0 saturated carbocycles. The van der Waals surface area contributed by atoms with Gasteiger partial charge in [0.25, 0.3) is 11.5 Å². The van der Waals surface area contributed by atoms with Gasteiger partial charge in [-0.25, -0.2) is 19.6 Å². The molecule has 0 aliphatic carbocycles. The van der Waals surface area contributed by atoms with Crippen LogP contribution in [0.5, 0.6) is 0 Å². The molecular weight excluding hydrogens is 492 g/mol. The number of fused-ring (bicyclic) bond motifs is 1. The van der Waals surface area contributed by atoms with Crippen LogP contribution in [0.25, 0.3) is 22.3 Å². The first-order valence-electron chi connectivity index (χ1n) is 13.5. The van der Waals surface area contributed by atoms with E-state index < -0.39 is 5.91 Å². The lowest BCUT2D eigenvalue weighted by molar-refractivity contribution is 0.100. The molecule has 39 heavy (non-hydrogen) atoms. The van der Waals surface area contributed by atoms with Crippen molar-refractivity contribution in [3.8, 4) is 11.3 Å². The van der Waals surface area contributed by atoms with Gasteiger partial charge in [-0.1, -0.05) is 13.3 Å². The number of carbonyl (C=O) groups is 1. The number of aromatic nitrogens is 5. The number of nitrogens with one attached hydrogen (secondary N) is 2. The number of amides is 1. The molecule has 0 bridgehead atoms. The molecule has 1 fully saturated rings. The third-order valence-electron chi connectivity index (χ3n) is 6.89. The van der Waals surface area contributed by atoms with Crippen molar-refractivity contribution >= 4 is 29.0 Å². The quantitative estimate of drug-likeness (QED) is 0.352. The molecule has 0 aromatic carbocycles. The van der Waals surface area contributed by atoms with Crippen molar-refractivity contribution in [1.82, 2.24) is 30.0 Å². The number of nitrogens with zero attached hydrogens (tertiary/aromatic N) is 6. The molecule has 202 valence electrons. The Bertz CT molecular complexity index is 1580. The van der Waals surface area contributed by atoms with Crippen LogP contribution in [0.4, 0.5) is 5.82 Å². The number of piperazine rings is 1. The molecule has 1 aliphatic rings. The highest BCUT2D eigenvalue weighted by molar-refractivity contribution is 6.10. The largest absolute Gasteiger partial charge is 0.354 e. The van der Waals surface area contributed by atoms with Crippen molar-refractivity contribution in [3.05, 3.63) is 69.4 Å². The summed E-state index contributed by atoms with van der Waals surface area (Å²) in [6.07, 6.45) is 6.43. The van der Waals surface area contributed by atoms with Gasteiger partial charge >= 0.3 is 0 Å². The molecule has 5 rings (SSSR count). The lowest BCUT2D eigenvalue weighted by atomic mass is 10.0. The van der Waals surface area contributed by atoms with Crippen molar-refractivity contribution in [3.63, 3.8) is 0 Å². The van der Waals surface area contributed by atoms with Crippen LogP contribution >= 0.6 is 0 Å². The number of aromatic amines is 1. The third kappa shape index (κ3) is 5.51. The van der Waals surface area contributed by atoms with Crippen LogP contribution in [0.1, 0.15) is 60.4 Å². The van der Waals surface area contributed by atoms with Crippen LogP contribution < -0.4 is 15.8 Å². The maximum atomic E-state index is 13.5. The Morgan fingerprint density at radius 2 is 1.97 bits per heavy atom. The number of H-pyrrole nitrogens is 1. The number of hydrogen-bond acceptors (Lipinski definition) is 7. The van der Waals surface area contributed by atoms with Crippen LogP contribution in [0.2, 0.25) is 0 Å². The van der Waals surface area contributed by atoms with E-state index in [1.54, 1.807) is 23.1 Å². The summed E-state index contributed by atoms with van der Waals surface area (Å²) in [5.41, 5.74) is 4.21. The Hall–Kier alpha value is -4.18. The number of hydrogen-bond donors (Lipinski definition) is 2. The van der Waals surface area contributed by atoms with E-state index >= 15 is 0 Å². The van der Waals surface area contributed by atoms with E-state index in [4.69, 9.17) is 4.98 Å². The van der Waals surface area contributed by atoms with Gasteiger partial charge in [-0.05, 0) is 57.0 Å². The minimum absolute atomic E-state index is 0.0487. The molecule has 5 heterocycles. The second-order valence-corrected chi connectivity index (χ2v) is 10.2. The molecule has 0 spiro atoms. The fraction of sp³-hybridized carbons (Fsp3) is 0.379. The highest BCUT2D eigenvalue weighted by Gasteiger charge is 2.19. The molecule has 0 unspecified atom stereocenters. The number of aliphatic imine (C=N–C) groups is 1. The van der Waals surface area contributed by atoms with E-state index in [1.807, 2.05) is 39.0 Å². The molecule has 10 nitrogen and oxygen atoms in total. The fourth-order valence-corrected chi connectivity index (χ4v) is 4.92. The van der Waals surface area contributed by atoms with Crippen molar-refractivity contribution in [2.24, 2.45) is 4.99 Å². The lowest BCUT2D eigenvalue weighted by Crippen LogP contribution is -2.43. The van der Waals surface area contributed by atoms with Gasteiger partial charge in [0, 0.05) is 55.9 Å². The van der Waals surface area contributed by atoms with Crippen LogP contribution in [0, 0.1) is 6.92 Å². The molecule has 1 amide bonds. The van der Waals surface area contributed by atoms with Gasteiger partial charge in [0.05, 0.1) is 28.4 Å². The summed E-state index contributed by atoms with van der Waals surface area (Å²) in [6.45, 7) is 11.6. The summed E-state index contributed by atoms with van der Waals surface area (Å²) >= 11 is 0. The second-order valence-electron chi connectivity index (χ2n) is 10.2. The zero-order valence-corrected chi connectivity index (χ0v) is 22.9. The van der Waals surface area contributed by atoms with Crippen LogP contribution in [0.3, 0.4) is 0 Å². The van der Waals surface area contributed by atoms with Crippen LogP contribution in [-0.2, 0) is 6.42 Å². The highest BCUT2D eigenvalue weighted by atomic mass is 16.1. The molecule has 2 N–H and O–H groups in total. The van der Waals surface area contributed by atoms with Gasteiger partial charge in [0.15, 0.2) is 5.65 Å². The lowest BCUT2D eigenvalue weighted by Gasteiger charge is -2.28. The predicted octanol–water partition coefficient (Wildman–Crippen LogP) is 3.69. The monoisotopic (exact) mass is 526 g/mol. The Balaban J connectivity index is 1.54. The Labute approximate surface area is 227 Å². The first-order chi connectivity index (χ1) is 18.9. The fourth-order valence-electron chi connectivity index (χ4n) is 4.92. The van der Waals surface area contributed by atoms with Gasteiger partial charge in [0.1, 0.15) is 5.82 Å². The van der Waals surface area contributed by atoms with Gasteiger partial charge in [-0.2, -0.15) is 5.10 Å². The smallest absolute Gasteiger partial charge is 0.277 e. The minimum Gasteiger partial charge on any atom is -0.354 e. The summed E-state index contributed by atoms with van der Waals surface area (Å²) < 4.78 is 1.80. The number of aryl methyl sites for hydroxylation is 2. The van der Waals surface area contributed by atoms with Crippen LogP contribution in [-0.4, -0.2) is 63.0 Å². The van der Waals surface area contributed by atoms with E-state index in [0.29, 0.717) is 27.9 Å². The average Bonchev–Trinajstić information content (AvgIpc) is 3.37. The molecule has 1 saturated heterocycles. The van der Waals surface area contributed by atoms with Gasteiger partial charge in [-0.15, -0.1) is 0 Å². The summed E-state index contributed by atoms with van der Waals surface area (Å²) in [6, 6.07) is 7.69. The average molecular weight is 527 g/mol. The van der Waals surface area contributed by atoms with E-state index in [1.165, 1.54) is 6.21 Å². The summed E-state index contributed by atoms with van der Waals surface area (Å²) in [5.74, 6) is 0.459. The third-order valence-corrected chi connectivity index (χ3v) is 6.89. The second kappa shape index (κ2) is 11.3. The van der Waals surface area contributed by atoms with E-state index in [-0.39, 0.29) is 11.6 Å². The first kappa shape index (κ1) is 26.4. The summed E-state index contributed by atoms with van der Waals surface area (Å²) in [7, 11) is 0. The molecule has 10 heteroatoms. The number of pyridine rings is 3. The maximum Gasteiger partial charge on any atom is 0.277 e. The molecule has 4 aromatic heterocycles. The topological polar surface area (TPSA) is 121 Å². The standard InChI is InChI=1S/C29H34N8O2/c1-5-6-20-13-19(4)34-29(39)23(20)16-32-28(38)22-14-25(35-27-24(22)17-33-37(27)18(2)3)21-7-8-26(31-15-21)36-11-9-30-10-12-36/h7-8,13-18,30H,5-6,9-12H2,1-4H3,(H,34,39). The molecule has 0 atom stereocenters. The first-order valence-corrected chi connectivity index (χ1v) is 13.5. The molecule has 0 radical (unpaired) electrons. The molecular formula is C29H34N8O2. The van der Waals surface area contributed by atoms with E-state index in [0.717, 1.165) is 61.7 Å². The summed E-state index contributed by atoms with van der Waals surface area (Å²) in [5, 5.41) is 8.47. The number of anilines is 1. The van der Waals surface area contributed by atoms with Gasteiger partial charge in [-0.3, -0.25) is 9.59 Å². The SMILES string of the molecule is CCCc1cc(C)[nH]c(=O)c1C=NC(=O)c1cc(-c2ccc(N3CCNCC3)nc2)nc2c1cnn2C(C)C. The van der Waals surface area contributed by atoms with Crippen molar-refractivity contribution in [2.45, 2.75) is 46.6 Å². The van der Waals surface area contributed by atoms with Gasteiger partial charge in [0.2, 0.25) is 0 Å². The van der Waals surface area contributed by atoms with E-state index in [2.05, 4.69) is 37.2 Å². The van der Waals surface area contributed by atoms with Gasteiger partial charge < -0.3 is 15.2 Å². The van der Waals surface area contributed by atoms with E-state index in [9.17, 15) is 9.59 Å². The maximum absolute atomic E-state index is 13.5.